The van der Waals surface area contributed by atoms with Gasteiger partial charge < -0.3 is 14.7 Å². The highest BCUT2D eigenvalue weighted by Gasteiger charge is 2.29. The number of rotatable bonds is 2. The molecule has 0 radical (unpaired) electrons. The second-order valence-electron chi connectivity index (χ2n) is 4.84. The predicted octanol–water partition coefficient (Wildman–Crippen LogP) is 0.0158. The molecule has 1 amide bonds. The van der Waals surface area contributed by atoms with Crippen LogP contribution in [0.1, 0.15) is 6.42 Å². The molecule has 0 saturated carbocycles. The lowest BCUT2D eigenvalue weighted by molar-refractivity contribution is -0.117. The Hall–Kier alpha value is -1.66. The van der Waals surface area contributed by atoms with Crippen molar-refractivity contribution in [2.24, 2.45) is 0 Å². The molecule has 2 aliphatic rings. The molecule has 0 aliphatic carbocycles. The van der Waals surface area contributed by atoms with Crippen LogP contribution in [0.5, 0.6) is 0 Å². The van der Waals surface area contributed by atoms with Crippen molar-refractivity contribution in [3.05, 3.63) is 18.3 Å². The van der Waals surface area contributed by atoms with Crippen molar-refractivity contribution < 1.29 is 14.6 Å². The summed E-state index contributed by atoms with van der Waals surface area (Å²) in [6.45, 7) is 3.53. The molecule has 1 N–H and O–H groups in total. The van der Waals surface area contributed by atoms with Crippen molar-refractivity contribution in [1.82, 2.24) is 4.98 Å². The Morgan fingerprint density at radius 1 is 1.32 bits per heavy atom. The third-order valence-electron chi connectivity index (χ3n) is 3.49. The molecule has 1 aromatic rings. The molecule has 0 aromatic carbocycles. The van der Waals surface area contributed by atoms with Crippen LogP contribution in [0.4, 0.5) is 11.5 Å². The van der Waals surface area contributed by atoms with Crippen molar-refractivity contribution in [2.45, 2.75) is 12.5 Å². The third kappa shape index (κ3) is 2.54. The molecule has 6 heteroatoms. The summed E-state index contributed by atoms with van der Waals surface area (Å²) >= 11 is 0. The summed E-state index contributed by atoms with van der Waals surface area (Å²) in [6.07, 6.45) is 1.39. The number of aliphatic hydroxyl groups excluding tert-OH is 1. The van der Waals surface area contributed by atoms with Crippen LogP contribution in [-0.4, -0.2) is 54.9 Å². The van der Waals surface area contributed by atoms with Crippen LogP contribution in [0.2, 0.25) is 0 Å². The molecule has 3 rings (SSSR count). The molecular weight excluding hydrogens is 246 g/mol. The maximum absolute atomic E-state index is 11.7. The fraction of sp³-hybridized carbons (Fsp3) is 0.538. The number of hydrogen-bond acceptors (Lipinski definition) is 5. The van der Waals surface area contributed by atoms with Crippen LogP contribution < -0.4 is 9.80 Å². The maximum atomic E-state index is 11.7. The smallest absolute Gasteiger partial charge is 0.230 e. The highest BCUT2D eigenvalue weighted by molar-refractivity contribution is 5.95. The van der Waals surface area contributed by atoms with E-state index in [9.17, 15) is 9.90 Å². The molecule has 2 aliphatic heterocycles. The lowest BCUT2D eigenvalue weighted by Gasteiger charge is -2.28. The number of hydrogen-bond donors (Lipinski definition) is 1. The summed E-state index contributed by atoms with van der Waals surface area (Å²) in [5.41, 5.74) is 1.04. The SMILES string of the molecule is O=C1CC(O)CN1c1ccc(N2CCOCC2)cn1. The van der Waals surface area contributed by atoms with Crippen molar-refractivity contribution in [1.29, 1.82) is 0 Å². The summed E-state index contributed by atoms with van der Waals surface area (Å²) in [5.74, 6) is 0.540. The maximum Gasteiger partial charge on any atom is 0.230 e. The average molecular weight is 263 g/mol. The number of ether oxygens (including phenoxy) is 1. The number of anilines is 2. The monoisotopic (exact) mass is 263 g/mol. The minimum absolute atomic E-state index is 0.0703. The summed E-state index contributed by atoms with van der Waals surface area (Å²) in [7, 11) is 0. The van der Waals surface area contributed by atoms with Crippen molar-refractivity contribution >= 4 is 17.4 Å². The molecule has 3 heterocycles. The van der Waals surface area contributed by atoms with E-state index in [1.807, 2.05) is 12.1 Å². The van der Waals surface area contributed by atoms with Crippen LogP contribution in [0.25, 0.3) is 0 Å². The molecule has 0 bridgehead atoms. The zero-order valence-electron chi connectivity index (χ0n) is 10.7. The number of carbonyl (C=O) groups is 1. The molecule has 6 nitrogen and oxygen atoms in total. The van der Waals surface area contributed by atoms with Gasteiger partial charge in [-0.2, -0.15) is 0 Å². The fourth-order valence-corrected chi connectivity index (χ4v) is 2.46. The van der Waals surface area contributed by atoms with Gasteiger partial charge in [0.15, 0.2) is 0 Å². The zero-order valence-corrected chi connectivity index (χ0v) is 10.7. The molecule has 1 atom stereocenters. The number of pyridine rings is 1. The van der Waals surface area contributed by atoms with Crippen LogP contribution >= 0.6 is 0 Å². The number of morpholine rings is 1. The first kappa shape index (κ1) is 12.4. The second kappa shape index (κ2) is 5.14. The molecule has 19 heavy (non-hydrogen) atoms. The van der Waals surface area contributed by atoms with Gasteiger partial charge in [-0.25, -0.2) is 4.98 Å². The first-order chi connectivity index (χ1) is 9.24. The van der Waals surface area contributed by atoms with E-state index < -0.39 is 6.10 Å². The molecule has 0 spiro atoms. The number of β-amino-alcohol motifs (C(OH)–C–C–N with tert-alkyl or cyclic N) is 1. The Bertz CT molecular complexity index is 457. The molecule has 1 aromatic heterocycles. The second-order valence-corrected chi connectivity index (χ2v) is 4.84. The van der Waals surface area contributed by atoms with E-state index in [0.717, 1.165) is 32.0 Å². The van der Waals surface area contributed by atoms with Gasteiger partial charge in [-0.3, -0.25) is 9.69 Å². The van der Waals surface area contributed by atoms with Gasteiger partial charge in [-0.1, -0.05) is 0 Å². The minimum atomic E-state index is -0.576. The van der Waals surface area contributed by atoms with Crippen LogP contribution in [0.15, 0.2) is 18.3 Å². The first-order valence-corrected chi connectivity index (χ1v) is 6.51. The number of carbonyl (C=O) groups excluding carboxylic acids is 1. The number of aliphatic hydroxyl groups is 1. The standard InChI is InChI=1S/C13H17N3O3/c17-11-7-13(18)16(9-11)12-2-1-10(8-14-12)15-3-5-19-6-4-15/h1-2,8,11,17H,3-7,9H2. The van der Waals surface area contributed by atoms with Gasteiger partial charge in [0.05, 0.1) is 44.2 Å². The van der Waals surface area contributed by atoms with E-state index in [2.05, 4.69) is 9.88 Å². The van der Waals surface area contributed by atoms with Crippen molar-refractivity contribution in [3.63, 3.8) is 0 Å². The van der Waals surface area contributed by atoms with Crippen molar-refractivity contribution in [2.75, 3.05) is 42.6 Å². The molecule has 102 valence electrons. The van der Waals surface area contributed by atoms with Gasteiger partial charge in [0.2, 0.25) is 5.91 Å². The van der Waals surface area contributed by atoms with Gasteiger partial charge in [0.25, 0.3) is 0 Å². The number of nitrogens with zero attached hydrogens (tertiary/aromatic N) is 3. The summed E-state index contributed by atoms with van der Waals surface area (Å²) in [5, 5.41) is 9.48. The summed E-state index contributed by atoms with van der Waals surface area (Å²) < 4.78 is 5.31. The van der Waals surface area contributed by atoms with E-state index in [1.165, 1.54) is 4.90 Å². The summed E-state index contributed by atoms with van der Waals surface area (Å²) in [6, 6.07) is 3.80. The van der Waals surface area contributed by atoms with E-state index in [0.29, 0.717) is 12.4 Å². The molecule has 1 unspecified atom stereocenters. The van der Waals surface area contributed by atoms with E-state index in [1.54, 1.807) is 6.20 Å². The molecule has 2 fully saturated rings. The van der Waals surface area contributed by atoms with Crippen LogP contribution in [0.3, 0.4) is 0 Å². The van der Waals surface area contributed by atoms with Gasteiger partial charge in [-0.15, -0.1) is 0 Å². The number of amides is 1. The first-order valence-electron chi connectivity index (χ1n) is 6.51. The normalized spacial score (nSPS) is 24.1. The average Bonchev–Trinajstić information content (AvgIpc) is 2.79. The third-order valence-corrected chi connectivity index (χ3v) is 3.49. The van der Waals surface area contributed by atoms with Crippen LogP contribution in [-0.2, 0) is 9.53 Å². The highest BCUT2D eigenvalue weighted by Crippen LogP contribution is 2.22. The molecule has 2 saturated heterocycles. The van der Waals surface area contributed by atoms with Gasteiger partial charge in [0, 0.05) is 13.1 Å². The van der Waals surface area contributed by atoms with Gasteiger partial charge in [-0.05, 0) is 12.1 Å². The van der Waals surface area contributed by atoms with E-state index >= 15 is 0 Å². The lowest BCUT2D eigenvalue weighted by atomic mass is 10.3. The van der Waals surface area contributed by atoms with Crippen LogP contribution in [0, 0.1) is 0 Å². The minimum Gasteiger partial charge on any atom is -0.391 e. The van der Waals surface area contributed by atoms with Gasteiger partial charge >= 0.3 is 0 Å². The summed E-state index contributed by atoms with van der Waals surface area (Å²) in [4.78, 5) is 19.7. The van der Waals surface area contributed by atoms with Crippen molar-refractivity contribution in [3.8, 4) is 0 Å². The van der Waals surface area contributed by atoms with E-state index in [4.69, 9.17) is 4.74 Å². The lowest BCUT2D eigenvalue weighted by Crippen LogP contribution is -2.36. The molecular formula is C13H17N3O3. The Kier molecular flexibility index (Phi) is 3.35. The van der Waals surface area contributed by atoms with Gasteiger partial charge in [0.1, 0.15) is 5.82 Å². The zero-order chi connectivity index (χ0) is 13.2. The quantitative estimate of drug-likeness (QED) is 0.814. The topological polar surface area (TPSA) is 65.9 Å². The highest BCUT2D eigenvalue weighted by atomic mass is 16.5. The predicted molar refractivity (Wildman–Crippen MR) is 70.2 cm³/mol. The Balaban J connectivity index is 1.73. The number of aromatic nitrogens is 1. The Morgan fingerprint density at radius 3 is 2.68 bits per heavy atom. The largest absolute Gasteiger partial charge is 0.391 e. The van der Waals surface area contributed by atoms with E-state index in [-0.39, 0.29) is 12.3 Å². The fourth-order valence-electron chi connectivity index (χ4n) is 2.46. The Labute approximate surface area is 111 Å². The Morgan fingerprint density at radius 2 is 2.11 bits per heavy atom.